The first-order valence-corrected chi connectivity index (χ1v) is 6.60. The smallest absolute Gasteiger partial charge is 0.305 e. The summed E-state index contributed by atoms with van der Waals surface area (Å²) in [5, 5.41) is 10.7. The normalized spacial score (nSPS) is 11.0. The number of hydrogen-bond donors (Lipinski definition) is 0. The van der Waals surface area contributed by atoms with Gasteiger partial charge in [0.15, 0.2) is 0 Å². The number of nitro benzene ring substituents is 1. The summed E-state index contributed by atoms with van der Waals surface area (Å²) in [6.45, 7) is 7.46. The number of benzene rings is 1. The Kier molecular flexibility index (Phi) is 5.34. The molecule has 1 aromatic carbocycles. The molecule has 116 valence electrons. The molecular formula is C14H18F2N2O3. The highest BCUT2D eigenvalue weighted by Crippen LogP contribution is 2.25. The lowest BCUT2D eigenvalue weighted by Gasteiger charge is -2.28. The summed E-state index contributed by atoms with van der Waals surface area (Å²) in [5.74, 6) is -3.31. The van der Waals surface area contributed by atoms with Crippen LogP contribution in [0.4, 0.5) is 14.5 Å². The van der Waals surface area contributed by atoms with Gasteiger partial charge >= 0.3 is 5.69 Å². The lowest BCUT2D eigenvalue weighted by atomic mass is 10.1. The van der Waals surface area contributed by atoms with Crippen LogP contribution in [0.15, 0.2) is 12.1 Å². The van der Waals surface area contributed by atoms with Crippen molar-refractivity contribution < 1.29 is 18.5 Å². The molecule has 0 fully saturated rings. The first-order chi connectivity index (χ1) is 9.66. The van der Waals surface area contributed by atoms with Gasteiger partial charge in [-0.15, -0.1) is 0 Å². The summed E-state index contributed by atoms with van der Waals surface area (Å²) in [6, 6.07) is 1.17. The molecule has 0 bridgehead atoms. The second-order valence-electron chi connectivity index (χ2n) is 5.46. The quantitative estimate of drug-likeness (QED) is 0.618. The second kappa shape index (κ2) is 6.60. The minimum absolute atomic E-state index is 0.0983. The highest BCUT2D eigenvalue weighted by atomic mass is 19.1. The molecule has 0 saturated carbocycles. The van der Waals surface area contributed by atoms with E-state index in [1.54, 1.807) is 13.8 Å². The van der Waals surface area contributed by atoms with Crippen LogP contribution in [0.1, 0.15) is 38.1 Å². The van der Waals surface area contributed by atoms with E-state index in [1.807, 2.05) is 13.8 Å². The number of carbonyl (C=O) groups excluding carboxylic acids is 1. The highest BCUT2D eigenvalue weighted by molar-refractivity contribution is 5.95. The van der Waals surface area contributed by atoms with Gasteiger partial charge in [-0.3, -0.25) is 14.9 Å². The average Bonchev–Trinajstić information content (AvgIpc) is 2.34. The maximum Gasteiger partial charge on any atom is 0.305 e. The predicted molar refractivity (Wildman–Crippen MR) is 74.0 cm³/mol. The Balaban J connectivity index is 3.33. The fraction of sp³-hybridized carbons (Fsp3) is 0.500. The second-order valence-corrected chi connectivity index (χ2v) is 5.46. The van der Waals surface area contributed by atoms with Crippen LogP contribution in [-0.2, 0) is 0 Å². The number of nitrogens with zero attached hydrogens (tertiary/aromatic N) is 2. The number of nitro groups is 1. The summed E-state index contributed by atoms with van der Waals surface area (Å²) in [5.41, 5.74) is -1.79. The lowest BCUT2D eigenvalue weighted by Crippen LogP contribution is -2.40. The molecule has 5 nitrogen and oxygen atoms in total. The maximum absolute atomic E-state index is 14.1. The third-order valence-corrected chi connectivity index (χ3v) is 2.93. The molecule has 7 heteroatoms. The van der Waals surface area contributed by atoms with Crippen LogP contribution < -0.4 is 0 Å². The van der Waals surface area contributed by atoms with Gasteiger partial charge in [0, 0.05) is 18.7 Å². The predicted octanol–water partition coefficient (Wildman–Crippen LogP) is 3.38. The summed E-state index contributed by atoms with van der Waals surface area (Å²) >= 11 is 0. The number of hydrogen-bond acceptors (Lipinski definition) is 3. The summed E-state index contributed by atoms with van der Waals surface area (Å²) in [6.07, 6.45) is 0. The van der Waals surface area contributed by atoms with E-state index in [2.05, 4.69) is 0 Å². The van der Waals surface area contributed by atoms with Crippen molar-refractivity contribution in [3.05, 3.63) is 39.4 Å². The van der Waals surface area contributed by atoms with Crippen molar-refractivity contribution in [2.75, 3.05) is 6.54 Å². The molecule has 0 atom stereocenters. The van der Waals surface area contributed by atoms with Gasteiger partial charge in [-0.2, -0.15) is 4.39 Å². The largest absolute Gasteiger partial charge is 0.336 e. The minimum Gasteiger partial charge on any atom is -0.336 e. The SMILES string of the molecule is CC(C)CN(C(=O)c1c(F)ccc([N+](=O)[O-])c1F)C(C)C. The van der Waals surface area contributed by atoms with E-state index in [0.29, 0.717) is 12.6 Å². The average molecular weight is 300 g/mol. The molecule has 1 rings (SSSR count). The molecule has 0 aliphatic rings. The third kappa shape index (κ3) is 3.74. The van der Waals surface area contributed by atoms with Crippen molar-refractivity contribution in [2.45, 2.75) is 33.7 Å². The maximum atomic E-state index is 14.1. The Hall–Kier alpha value is -2.05. The Bertz CT molecular complexity index is 559. The van der Waals surface area contributed by atoms with Crippen LogP contribution in [0.5, 0.6) is 0 Å². The zero-order valence-electron chi connectivity index (χ0n) is 12.4. The molecule has 0 heterocycles. The van der Waals surface area contributed by atoms with Crippen molar-refractivity contribution in [2.24, 2.45) is 5.92 Å². The number of rotatable bonds is 5. The highest BCUT2D eigenvalue weighted by Gasteiger charge is 2.30. The van der Waals surface area contributed by atoms with E-state index in [0.717, 1.165) is 6.07 Å². The first kappa shape index (κ1) is 17.0. The van der Waals surface area contributed by atoms with Gasteiger partial charge in [-0.05, 0) is 25.8 Å². The molecule has 0 saturated heterocycles. The van der Waals surface area contributed by atoms with Gasteiger partial charge in [-0.25, -0.2) is 4.39 Å². The van der Waals surface area contributed by atoms with Crippen molar-refractivity contribution >= 4 is 11.6 Å². The van der Waals surface area contributed by atoms with Gasteiger partial charge in [0.1, 0.15) is 11.4 Å². The fourth-order valence-corrected chi connectivity index (χ4v) is 1.94. The van der Waals surface area contributed by atoms with E-state index in [9.17, 15) is 23.7 Å². The van der Waals surface area contributed by atoms with E-state index in [4.69, 9.17) is 0 Å². The molecule has 1 aromatic rings. The Morgan fingerprint density at radius 1 is 1.29 bits per heavy atom. The van der Waals surface area contributed by atoms with E-state index in [-0.39, 0.29) is 12.0 Å². The van der Waals surface area contributed by atoms with Crippen molar-refractivity contribution in [1.82, 2.24) is 4.90 Å². The van der Waals surface area contributed by atoms with Crippen LogP contribution in [0.2, 0.25) is 0 Å². The summed E-state index contributed by atoms with van der Waals surface area (Å²) in [4.78, 5) is 23.4. The molecule has 0 spiro atoms. The monoisotopic (exact) mass is 300 g/mol. The Labute approximate surface area is 121 Å². The molecule has 1 amide bonds. The fourth-order valence-electron chi connectivity index (χ4n) is 1.94. The molecule has 0 unspecified atom stereocenters. The molecule has 0 aliphatic carbocycles. The lowest BCUT2D eigenvalue weighted by molar-refractivity contribution is -0.387. The van der Waals surface area contributed by atoms with E-state index >= 15 is 0 Å². The van der Waals surface area contributed by atoms with Crippen molar-refractivity contribution in [3.63, 3.8) is 0 Å². The van der Waals surface area contributed by atoms with Gasteiger partial charge in [0.25, 0.3) is 5.91 Å². The van der Waals surface area contributed by atoms with E-state index < -0.39 is 33.7 Å². The molecular weight excluding hydrogens is 282 g/mol. The van der Waals surface area contributed by atoms with Gasteiger partial charge < -0.3 is 4.90 Å². The standard InChI is InChI=1S/C14H18F2N2O3/c1-8(2)7-17(9(3)4)14(19)12-10(15)5-6-11(13(12)16)18(20)21/h5-6,8-9H,7H2,1-4H3. The van der Waals surface area contributed by atoms with E-state index in [1.165, 1.54) is 4.90 Å². The zero-order valence-corrected chi connectivity index (χ0v) is 12.4. The molecule has 21 heavy (non-hydrogen) atoms. The molecule has 0 aromatic heterocycles. The topological polar surface area (TPSA) is 63.5 Å². The third-order valence-electron chi connectivity index (χ3n) is 2.93. The minimum atomic E-state index is -1.43. The molecule has 0 radical (unpaired) electrons. The summed E-state index contributed by atoms with van der Waals surface area (Å²) in [7, 11) is 0. The van der Waals surface area contributed by atoms with Crippen LogP contribution in [0, 0.1) is 27.7 Å². The summed E-state index contributed by atoms with van der Waals surface area (Å²) < 4.78 is 27.9. The van der Waals surface area contributed by atoms with Crippen LogP contribution in [-0.4, -0.2) is 28.3 Å². The van der Waals surface area contributed by atoms with Gasteiger partial charge in [0.2, 0.25) is 5.82 Å². The number of carbonyl (C=O) groups is 1. The van der Waals surface area contributed by atoms with Crippen molar-refractivity contribution in [1.29, 1.82) is 0 Å². The van der Waals surface area contributed by atoms with Crippen LogP contribution in [0.25, 0.3) is 0 Å². The van der Waals surface area contributed by atoms with Gasteiger partial charge in [0.05, 0.1) is 4.92 Å². The number of amides is 1. The Morgan fingerprint density at radius 2 is 1.86 bits per heavy atom. The Morgan fingerprint density at radius 3 is 2.29 bits per heavy atom. The van der Waals surface area contributed by atoms with Crippen LogP contribution >= 0.6 is 0 Å². The zero-order chi connectivity index (χ0) is 16.3. The van der Waals surface area contributed by atoms with Crippen LogP contribution in [0.3, 0.4) is 0 Å². The number of halogens is 2. The molecule has 0 N–H and O–H groups in total. The van der Waals surface area contributed by atoms with Crippen molar-refractivity contribution in [3.8, 4) is 0 Å². The first-order valence-electron chi connectivity index (χ1n) is 6.60. The van der Waals surface area contributed by atoms with Gasteiger partial charge in [-0.1, -0.05) is 13.8 Å². The molecule has 0 aliphatic heterocycles.